The molecule has 17 heavy (non-hydrogen) atoms. The van der Waals surface area contributed by atoms with Crippen molar-refractivity contribution in [2.24, 2.45) is 11.1 Å². The molecule has 0 unspecified atom stereocenters. The van der Waals surface area contributed by atoms with Crippen LogP contribution in [0.15, 0.2) is 0 Å². The predicted octanol–water partition coefficient (Wildman–Crippen LogP) is 1.38. The highest BCUT2D eigenvalue weighted by molar-refractivity contribution is 7.80. The van der Waals surface area contributed by atoms with E-state index in [-0.39, 0.29) is 5.91 Å². The van der Waals surface area contributed by atoms with Crippen LogP contribution in [0.2, 0.25) is 0 Å². The van der Waals surface area contributed by atoms with Gasteiger partial charge in [0.15, 0.2) is 0 Å². The Hall–Kier alpha value is -0.680. The van der Waals surface area contributed by atoms with Crippen molar-refractivity contribution in [3.8, 4) is 0 Å². The van der Waals surface area contributed by atoms with Crippen LogP contribution in [-0.2, 0) is 9.53 Å². The largest absolute Gasteiger partial charge is 0.392 e. The van der Waals surface area contributed by atoms with Crippen molar-refractivity contribution in [2.75, 3.05) is 19.8 Å². The third-order valence-corrected chi connectivity index (χ3v) is 3.44. The van der Waals surface area contributed by atoms with Gasteiger partial charge in [-0.2, -0.15) is 0 Å². The molecule has 0 aliphatic heterocycles. The first-order chi connectivity index (χ1) is 8.13. The molecule has 3 N–H and O–H groups in total. The van der Waals surface area contributed by atoms with Crippen LogP contribution in [0.1, 0.15) is 39.0 Å². The molecule has 0 heterocycles. The van der Waals surface area contributed by atoms with Gasteiger partial charge >= 0.3 is 0 Å². The second-order valence-electron chi connectivity index (χ2n) is 4.52. The van der Waals surface area contributed by atoms with Gasteiger partial charge in [0.05, 0.1) is 10.4 Å². The normalized spacial score (nSPS) is 16.5. The van der Waals surface area contributed by atoms with E-state index in [1.165, 1.54) is 0 Å². The van der Waals surface area contributed by atoms with E-state index in [9.17, 15) is 4.79 Å². The van der Waals surface area contributed by atoms with E-state index in [1.807, 2.05) is 0 Å². The Morgan fingerprint density at radius 3 is 2.59 bits per heavy atom. The van der Waals surface area contributed by atoms with E-state index in [1.54, 1.807) is 0 Å². The zero-order valence-electron chi connectivity index (χ0n) is 10.5. The smallest absolute Gasteiger partial charge is 0.233 e. The molecule has 1 aliphatic rings. The third kappa shape index (κ3) is 4.24. The van der Waals surface area contributed by atoms with Crippen molar-refractivity contribution in [1.29, 1.82) is 0 Å². The molecule has 1 saturated carbocycles. The van der Waals surface area contributed by atoms with E-state index in [0.29, 0.717) is 18.1 Å². The topological polar surface area (TPSA) is 64.3 Å². The quantitative estimate of drug-likeness (QED) is 0.484. The molecule has 1 aliphatic carbocycles. The molecule has 1 fully saturated rings. The summed E-state index contributed by atoms with van der Waals surface area (Å²) in [5, 5.41) is 2.87. The van der Waals surface area contributed by atoms with Gasteiger partial charge in [0, 0.05) is 19.8 Å². The van der Waals surface area contributed by atoms with Crippen LogP contribution < -0.4 is 11.1 Å². The number of hydrogen-bond donors (Lipinski definition) is 2. The second kappa shape index (κ2) is 6.91. The molecule has 5 heteroatoms. The van der Waals surface area contributed by atoms with Crippen molar-refractivity contribution in [1.82, 2.24) is 5.32 Å². The SMILES string of the molecule is CCCCOCCCNC(=O)C1(C(N)=S)CC1. The van der Waals surface area contributed by atoms with Crippen molar-refractivity contribution in [3.63, 3.8) is 0 Å². The van der Waals surface area contributed by atoms with Crippen molar-refractivity contribution < 1.29 is 9.53 Å². The number of unbranched alkanes of at least 4 members (excludes halogenated alkanes) is 1. The first-order valence-corrected chi connectivity index (χ1v) is 6.70. The van der Waals surface area contributed by atoms with E-state index >= 15 is 0 Å². The molecule has 0 atom stereocenters. The first kappa shape index (κ1) is 14.4. The molecule has 1 amide bonds. The van der Waals surface area contributed by atoms with E-state index in [4.69, 9.17) is 22.7 Å². The van der Waals surface area contributed by atoms with E-state index < -0.39 is 5.41 Å². The summed E-state index contributed by atoms with van der Waals surface area (Å²) in [6, 6.07) is 0. The molecule has 0 aromatic heterocycles. The van der Waals surface area contributed by atoms with Crippen LogP contribution in [0, 0.1) is 5.41 Å². The highest BCUT2D eigenvalue weighted by atomic mass is 32.1. The van der Waals surface area contributed by atoms with Crippen molar-refractivity contribution >= 4 is 23.1 Å². The molecular weight excluding hydrogens is 236 g/mol. The fourth-order valence-corrected chi connectivity index (χ4v) is 1.90. The lowest BCUT2D eigenvalue weighted by molar-refractivity contribution is -0.124. The number of amides is 1. The van der Waals surface area contributed by atoms with Crippen LogP contribution in [0.3, 0.4) is 0 Å². The van der Waals surface area contributed by atoms with Gasteiger partial charge in [0.1, 0.15) is 0 Å². The van der Waals surface area contributed by atoms with E-state index in [0.717, 1.165) is 38.7 Å². The molecule has 0 bridgehead atoms. The minimum absolute atomic E-state index is 0.0152. The lowest BCUT2D eigenvalue weighted by Crippen LogP contribution is -2.40. The maximum atomic E-state index is 11.8. The molecule has 0 aromatic carbocycles. The predicted molar refractivity (Wildman–Crippen MR) is 71.8 cm³/mol. The highest BCUT2D eigenvalue weighted by Gasteiger charge is 2.52. The fourth-order valence-electron chi connectivity index (χ4n) is 1.60. The standard InChI is InChI=1S/C12H22N2O2S/c1-2-3-8-16-9-4-7-14-11(15)12(5-6-12)10(13)17/h2-9H2,1H3,(H2,13,17)(H,14,15). The first-order valence-electron chi connectivity index (χ1n) is 6.29. The number of nitrogens with two attached hydrogens (primary N) is 1. The number of rotatable bonds is 9. The van der Waals surface area contributed by atoms with Gasteiger partial charge in [-0.3, -0.25) is 4.79 Å². The van der Waals surface area contributed by atoms with Crippen LogP contribution in [0.5, 0.6) is 0 Å². The lowest BCUT2D eigenvalue weighted by Gasteiger charge is -2.13. The minimum Gasteiger partial charge on any atom is -0.392 e. The van der Waals surface area contributed by atoms with Crippen LogP contribution in [0.25, 0.3) is 0 Å². The van der Waals surface area contributed by atoms with Gasteiger partial charge in [0.25, 0.3) is 0 Å². The summed E-state index contributed by atoms with van der Waals surface area (Å²) < 4.78 is 5.40. The summed E-state index contributed by atoms with van der Waals surface area (Å²) in [6.45, 7) is 4.27. The van der Waals surface area contributed by atoms with E-state index in [2.05, 4.69) is 12.2 Å². The Kier molecular flexibility index (Phi) is 5.85. The summed E-state index contributed by atoms with van der Waals surface area (Å²) in [4.78, 5) is 12.1. The number of thiocarbonyl (C=S) groups is 1. The number of carbonyl (C=O) groups excluding carboxylic acids is 1. The molecule has 98 valence electrons. The minimum atomic E-state index is -0.529. The number of ether oxygens (including phenoxy) is 1. The van der Waals surface area contributed by atoms with Crippen LogP contribution in [-0.4, -0.2) is 30.7 Å². The summed E-state index contributed by atoms with van der Waals surface area (Å²) >= 11 is 4.91. The summed E-state index contributed by atoms with van der Waals surface area (Å²) in [6.07, 6.45) is 4.66. The Labute approximate surface area is 108 Å². The molecular formula is C12H22N2O2S. The molecule has 4 nitrogen and oxygen atoms in total. The number of hydrogen-bond acceptors (Lipinski definition) is 3. The number of carbonyl (C=O) groups is 1. The summed E-state index contributed by atoms with van der Waals surface area (Å²) in [5.74, 6) is -0.0152. The maximum Gasteiger partial charge on any atom is 0.233 e. The fraction of sp³-hybridized carbons (Fsp3) is 0.833. The number of nitrogens with one attached hydrogen (secondary N) is 1. The molecule has 0 spiro atoms. The maximum absolute atomic E-state index is 11.8. The van der Waals surface area contributed by atoms with Gasteiger partial charge in [0.2, 0.25) is 5.91 Å². The Balaban J connectivity index is 2.03. The molecule has 0 radical (unpaired) electrons. The average Bonchev–Trinajstić information content (AvgIpc) is 3.08. The van der Waals surface area contributed by atoms with Crippen LogP contribution >= 0.6 is 12.2 Å². The molecule has 1 rings (SSSR count). The third-order valence-electron chi connectivity index (χ3n) is 3.05. The van der Waals surface area contributed by atoms with Gasteiger partial charge < -0.3 is 15.8 Å². The van der Waals surface area contributed by atoms with Gasteiger partial charge in [-0.25, -0.2) is 0 Å². The van der Waals surface area contributed by atoms with Crippen molar-refractivity contribution in [3.05, 3.63) is 0 Å². The Bertz CT molecular complexity index is 278. The van der Waals surface area contributed by atoms with Gasteiger partial charge in [-0.15, -0.1) is 0 Å². The molecule has 0 aromatic rings. The Morgan fingerprint density at radius 1 is 1.41 bits per heavy atom. The zero-order chi connectivity index (χ0) is 12.7. The lowest BCUT2D eigenvalue weighted by atomic mass is 10.1. The van der Waals surface area contributed by atoms with Crippen LogP contribution in [0.4, 0.5) is 0 Å². The molecule has 0 saturated heterocycles. The average molecular weight is 258 g/mol. The Morgan fingerprint density at radius 2 is 2.06 bits per heavy atom. The summed E-state index contributed by atoms with van der Waals surface area (Å²) in [7, 11) is 0. The highest BCUT2D eigenvalue weighted by Crippen LogP contribution is 2.46. The summed E-state index contributed by atoms with van der Waals surface area (Å²) in [5.41, 5.74) is 5.04. The van der Waals surface area contributed by atoms with Crippen molar-refractivity contribution in [2.45, 2.75) is 39.0 Å². The van der Waals surface area contributed by atoms with Gasteiger partial charge in [-0.1, -0.05) is 25.6 Å². The monoisotopic (exact) mass is 258 g/mol. The second-order valence-corrected chi connectivity index (χ2v) is 4.96. The zero-order valence-corrected chi connectivity index (χ0v) is 11.3. The van der Waals surface area contributed by atoms with Gasteiger partial charge in [-0.05, 0) is 25.7 Å².